The third-order valence-electron chi connectivity index (χ3n) is 4.36. The summed E-state index contributed by atoms with van der Waals surface area (Å²) in [6, 6.07) is 0. The van der Waals surface area contributed by atoms with Crippen molar-refractivity contribution in [3.05, 3.63) is 0 Å². The molecule has 0 fully saturated rings. The van der Waals surface area contributed by atoms with E-state index < -0.39 is 10.4 Å². The van der Waals surface area contributed by atoms with E-state index in [1.807, 2.05) is 0 Å². The Hall–Kier alpha value is -1.45. The highest BCUT2D eigenvalue weighted by molar-refractivity contribution is 7.81. The lowest BCUT2D eigenvalue weighted by Crippen LogP contribution is -2.12. The zero-order valence-corrected chi connectivity index (χ0v) is 17.8. The second-order valence-electron chi connectivity index (χ2n) is 6.82. The van der Waals surface area contributed by atoms with Crippen LogP contribution in [0.2, 0.25) is 0 Å². The highest BCUT2D eigenvalue weighted by Crippen LogP contribution is 2.20. The smallest absolute Gasteiger partial charge is 0.300 e. The molecular weight excluding hydrogens is 388 g/mol. The van der Waals surface area contributed by atoms with E-state index in [0.29, 0.717) is 32.1 Å². The highest BCUT2D eigenvalue weighted by atomic mass is 32.3. The summed E-state index contributed by atoms with van der Waals surface area (Å²) in [5.74, 6) is 0.00214. The highest BCUT2D eigenvalue weighted by Gasteiger charge is 2.16. The van der Waals surface area contributed by atoms with Crippen molar-refractivity contribution >= 4 is 33.5 Å². The summed E-state index contributed by atoms with van der Waals surface area (Å²) in [6.07, 6.45) is 3.19. The monoisotopic (exact) mass is 420 g/mol. The summed E-state index contributed by atoms with van der Waals surface area (Å²) in [4.78, 5) is 46.6. The number of ketones is 4. The predicted molar refractivity (Wildman–Crippen MR) is 103 cm³/mol. The molecule has 0 aromatic rings. The normalized spacial score (nSPS) is 12.5. The Balaban J connectivity index is 4.13. The average Bonchev–Trinajstić information content (AvgIpc) is 2.65. The SMILES string of the molecule is CCC(=O)CC(CCC(C)=O)CCC(=O)CCC(=O)CCCOS(=O)(=O)OC. The first-order valence-electron chi connectivity index (χ1n) is 9.59. The maximum Gasteiger partial charge on any atom is 0.399 e. The molecule has 0 aromatic carbocycles. The molecule has 9 heteroatoms. The van der Waals surface area contributed by atoms with Crippen LogP contribution in [-0.2, 0) is 37.9 Å². The second kappa shape index (κ2) is 14.5. The van der Waals surface area contributed by atoms with Gasteiger partial charge in [-0.1, -0.05) is 6.92 Å². The van der Waals surface area contributed by atoms with Gasteiger partial charge in [-0.25, -0.2) is 4.18 Å². The molecule has 0 aromatic heterocycles. The number of hydrogen-bond acceptors (Lipinski definition) is 8. The van der Waals surface area contributed by atoms with Gasteiger partial charge in [0.05, 0.1) is 13.7 Å². The molecular formula is C19H32O8S. The fraction of sp³-hybridized carbons (Fsp3) is 0.789. The standard InChI is InChI=1S/C19H32O8S/c1-4-17(21)14-16(8-7-15(2)20)9-10-19(23)12-11-18(22)6-5-13-27-28(24,25)26-3/h16H,4-14H2,1-3H3. The second-order valence-corrected chi connectivity index (χ2v) is 8.21. The molecule has 0 aliphatic carbocycles. The Bertz CT molecular complexity index is 624. The van der Waals surface area contributed by atoms with E-state index in [0.717, 1.165) is 7.11 Å². The van der Waals surface area contributed by atoms with Crippen LogP contribution in [0.3, 0.4) is 0 Å². The van der Waals surface area contributed by atoms with Gasteiger partial charge in [0.15, 0.2) is 0 Å². The molecule has 1 atom stereocenters. The molecule has 0 rings (SSSR count). The fourth-order valence-electron chi connectivity index (χ4n) is 2.59. The van der Waals surface area contributed by atoms with Gasteiger partial charge in [0.2, 0.25) is 0 Å². The molecule has 0 heterocycles. The van der Waals surface area contributed by atoms with Crippen LogP contribution >= 0.6 is 0 Å². The van der Waals surface area contributed by atoms with Crippen LogP contribution in [0, 0.1) is 5.92 Å². The first-order chi connectivity index (χ1) is 13.1. The largest absolute Gasteiger partial charge is 0.399 e. The van der Waals surface area contributed by atoms with Crippen molar-refractivity contribution in [1.29, 1.82) is 0 Å². The van der Waals surface area contributed by atoms with Crippen molar-refractivity contribution in [2.24, 2.45) is 5.92 Å². The van der Waals surface area contributed by atoms with E-state index in [-0.39, 0.29) is 67.8 Å². The Morgan fingerprint density at radius 1 is 0.857 bits per heavy atom. The van der Waals surface area contributed by atoms with Crippen LogP contribution in [0.15, 0.2) is 0 Å². The van der Waals surface area contributed by atoms with Gasteiger partial charge in [0.25, 0.3) is 0 Å². The van der Waals surface area contributed by atoms with Gasteiger partial charge in [-0.15, -0.1) is 0 Å². The summed E-state index contributed by atoms with van der Waals surface area (Å²) in [5.41, 5.74) is 0. The van der Waals surface area contributed by atoms with Crippen LogP contribution in [0.4, 0.5) is 0 Å². The number of carbonyl (C=O) groups excluding carboxylic acids is 4. The van der Waals surface area contributed by atoms with E-state index in [9.17, 15) is 27.6 Å². The summed E-state index contributed by atoms with van der Waals surface area (Å²) < 4.78 is 30.5. The molecule has 0 spiro atoms. The van der Waals surface area contributed by atoms with E-state index in [4.69, 9.17) is 0 Å². The predicted octanol–water partition coefficient (Wildman–Crippen LogP) is 2.73. The molecule has 8 nitrogen and oxygen atoms in total. The minimum atomic E-state index is -3.99. The topological polar surface area (TPSA) is 121 Å². The van der Waals surface area contributed by atoms with Gasteiger partial charge in [-0.2, -0.15) is 8.42 Å². The van der Waals surface area contributed by atoms with Crippen molar-refractivity contribution in [1.82, 2.24) is 0 Å². The van der Waals surface area contributed by atoms with Gasteiger partial charge in [0, 0.05) is 44.9 Å². The average molecular weight is 421 g/mol. The zero-order valence-electron chi connectivity index (χ0n) is 17.0. The molecule has 0 aliphatic rings. The summed E-state index contributed by atoms with van der Waals surface area (Å²) >= 11 is 0. The third kappa shape index (κ3) is 14.6. The lowest BCUT2D eigenvalue weighted by molar-refractivity contribution is -0.124. The van der Waals surface area contributed by atoms with Crippen molar-refractivity contribution in [3.8, 4) is 0 Å². The molecule has 0 bridgehead atoms. The summed E-state index contributed by atoms with van der Waals surface area (Å²) in [7, 11) is -3.01. The zero-order chi connectivity index (χ0) is 21.6. The molecule has 0 amide bonds. The van der Waals surface area contributed by atoms with Crippen LogP contribution in [-0.4, -0.2) is 45.3 Å². The number of hydrogen-bond donors (Lipinski definition) is 0. The first-order valence-corrected chi connectivity index (χ1v) is 10.9. The minimum Gasteiger partial charge on any atom is -0.300 e. The molecule has 0 saturated heterocycles. The number of Topliss-reactive ketones (excluding diaryl/α,β-unsaturated/α-hetero) is 4. The minimum absolute atomic E-state index is 0.0101. The quantitative estimate of drug-likeness (QED) is 0.310. The Morgan fingerprint density at radius 3 is 1.96 bits per heavy atom. The van der Waals surface area contributed by atoms with Gasteiger partial charge in [-0.3, -0.25) is 18.6 Å². The van der Waals surface area contributed by atoms with Crippen LogP contribution in [0.25, 0.3) is 0 Å². The summed E-state index contributed by atoms with van der Waals surface area (Å²) in [5, 5.41) is 0. The lowest BCUT2D eigenvalue weighted by Gasteiger charge is -2.14. The number of rotatable bonds is 18. The van der Waals surface area contributed by atoms with E-state index in [1.54, 1.807) is 6.92 Å². The molecule has 0 saturated carbocycles. The van der Waals surface area contributed by atoms with Crippen molar-refractivity contribution in [3.63, 3.8) is 0 Å². The van der Waals surface area contributed by atoms with Crippen LogP contribution in [0.1, 0.15) is 78.1 Å². The Morgan fingerprint density at radius 2 is 1.43 bits per heavy atom. The summed E-state index contributed by atoms with van der Waals surface area (Å²) in [6.45, 7) is 3.14. The van der Waals surface area contributed by atoms with Gasteiger partial charge < -0.3 is 4.79 Å². The first kappa shape index (κ1) is 26.6. The van der Waals surface area contributed by atoms with Gasteiger partial charge in [0.1, 0.15) is 23.1 Å². The maximum atomic E-state index is 12.0. The Labute approximate surface area is 167 Å². The van der Waals surface area contributed by atoms with E-state index in [2.05, 4.69) is 8.37 Å². The fourth-order valence-corrected chi connectivity index (χ4v) is 3.01. The molecule has 1 unspecified atom stereocenters. The maximum absolute atomic E-state index is 12.0. The van der Waals surface area contributed by atoms with E-state index in [1.165, 1.54) is 6.92 Å². The van der Waals surface area contributed by atoms with Crippen molar-refractivity contribution in [2.75, 3.05) is 13.7 Å². The Kier molecular flexibility index (Phi) is 13.8. The lowest BCUT2D eigenvalue weighted by atomic mass is 9.89. The van der Waals surface area contributed by atoms with Crippen LogP contribution < -0.4 is 0 Å². The molecule has 0 N–H and O–H groups in total. The molecule has 28 heavy (non-hydrogen) atoms. The van der Waals surface area contributed by atoms with E-state index >= 15 is 0 Å². The number of carbonyl (C=O) groups is 4. The third-order valence-corrected chi connectivity index (χ3v) is 5.22. The van der Waals surface area contributed by atoms with Crippen molar-refractivity contribution < 1.29 is 36.0 Å². The molecule has 0 radical (unpaired) electrons. The molecule has 162 valence electrons. The van der Waals surface area contributed by atoms with Gasteiger partial charge in [-0.05, 0) is 32.1 Å². The van der Waals surface area contributed by atoms with Crippen molar-refractivity contribution in [2.45, 2.75) is 78.1 Å². The van der Waals surface area contributed by atoms with Gasteiger partial charge >= 0.3 is 10.4 Å². The van der Waals surface area contributed by atoms with Crippen LogP contribution in [0.5, 0.6) is 0 Å². The molecule has 0 aliphatic heterocycles.